The fourth-order valence-corrected chi connectivity index (χ4v) is 5.41. The van der Waals surface area contributed by atoms with Crippen LogP contribution in [0.1, 0.15) is 42.4 Å². The van der Waals surface area contributed by atoms with Gasteiger partial charge in [0.15, 0.2) is 5.11 Å². The lowest BCUT2D eigenvalue weighted by molar-refractivity contribution is 0.397. The zero-order valence-electron chi connectivity index (χ0n) is 19.9. The number of anilines is 2. The van der Waals surface area contributed by atoms with E-state index in [9.17, 15) is 4.39 Å². The Morgan fingerprint density at radius 1 is 1.09 bits per heavy atom. The Bertz CT molecular complexity index is 1200. The number of ether oxygens (including phenoxy) is 1. The van der Waals surface area contributed by atoms with Crippen LogP contribution in [0.3, 0.4) is 0 Å². The van der Waals surface area contributed by atoms with E-state index in [4.69, 9.17) is 21.9 Å². The van der Waals surface area contributed by atoms with E-state index in [1.807, 2.05) is 18.2 Å². The predicted molar refractivity (Wildman–Crippen MR) is 141 cm³/mol. The predicted octanol–water partition coefficient (Wildman–Crippen LogP) is 4.99. The van der Waals surface area contributed by atoms with Gasteiger partial charge in [-0.15, -0.1) is 0 Å². The molecular weight excluding hydrogens is 461 g/mol. The van der Waals surface area contributed by atoms with Gasteiger partial charge in [-0.1, -0.05) is 49.2 Å². The third-order valence-corrected chi connectivity index (χ3v) is 7.43. The highest BCUT2D eigenvalue weighted by atomic mass is 32.1. The quantitative estimate of drug-likeness (QED) is 0.471. The molecule has 0 amide bonds. The SMILES string of the molecule is COc1cc(N2CCc3ccccc3C2)nc(NC(=S)NCC2(c3ccc(F)cc3)CCCC2)n1. The summed E-state index contributed by atoms with van der Waals surface area (Å²) in [6.07, 6.45) is 5.37. The summed E-state index contributed by atoms with van der Waals surface area (Å²) >= 11 is 5.61. The van der Waals surface area contributed by atoms with Gasteiger partial charge in [-0.25, -0.2) is 4.39 Å². The first kappa shape index (κ1) is 23.5. The molecule has 2 aromatic carbocycles. The number of hydrogen-bond donors (Lipinski definition) is 2. The number of aromatic nitrogens is 2. The number of nitrogens with one attached hydrogen (secondary N) is 2. The molecule has 2 heterocycles. The number of benzene rings is 2. The number of nitrogens with zero attached hydrogens (tertiary/aromatic N) is 3. The Morgan fingerprint density at radius 3 is 2.57 bits per heavy atom. The molecule has 1 aromatic heterocycles. The molecule has 35 heavy (non-hydrogen) atoms. The molecular formula is C27H30FN5OS. The zero-order chi connectivity index (χ0) is 24.3. The lowest BCUT2D eigenvalue weighted by Gasteiger charge is -2.31. The van der Waals surface area contributed by atoms with E-state index >= 15 is 0 Å². The van der Waals surface area contributed by atoms with E-state index in [0.29, 0.717) is 23.5 Å². The summed E-state index contributed by atoms with van der Waals surface area (Å²) in [7, 11) is 1.60. The molecule has 0 radical (unpaired) electrons. The van der Waals surface area contributed by atoms with Crippen LogP contribution >= 0.6 is 12.2 Å². The van der Waals surface area contributed by atoms with Crippen molar-refractivity contribution in [2.45, 2.75) is 44.1 Å². The van der Waals surface area contributed by atoms with Gasteiger partial charge in [0, 0.05) is 31.1 Å². The van der Waals surface area contributed by atoms with Gasteiger partial charge < -0.3 is 20.3 Å². The van der Waals surface area contributed by atoms with Crippen LogP contribution in [-0.4, -0.2) is 35.3 Å². The van der Waals surface area contributed by atoms with Crippen LogP contribution < -0.4 is 20.3 Å². The van der Waals surface area contributed by atoms with Crippen LogP contribution in [0.15, 0.2) is 54.6 Å². The Balaban J connectivity index is 1.28. The van der Waals surface area contributed by atoms with E-state index < -0.39 is 0 Å². The minimum Gasteiger partial charge on any atom is -0.481 e. The third kappa shape index (κ3) is 5.22. The lowest BCUT2D eigenvalue weighted by Crippen LogP contribution is -2.41. The summed E-state index contributed by atoms with van der Waals surface area (Å²) < 4.78 is 18.9. The highest BCUT2D eigenvalue weighted by Gasteiger charge is 2.35. The fourth-order valence-electron chi connectivity index (χ4n) is 5.24. The monoisotopic (exact) mass is 491 g/mol. The molecule has 1 aliphatic carbocycles. The average molecular weight is 492 g/mol. The van der Waals surface area contributed by atoms with Crippen LogP contribution in [0.5, 0.6) is 5.88 Å². The normalized spacial score (nSPS) is 16.5. The minimum atomic E-state index is -0.213. The molecule has 5 rings (SSSR count). The molecule has 1 fully saturated rings. The van der Waals surface area contributed by atoms with Gasteiger partial charge in [-0.2, -0.15) is 9.97 Å². The largest absolute Gasteiger partial charge is 0.481 e. The van der Waals surface area contributed by atoms with Gasteiger partial charge in [0.1, 0.15) is 11.6 Å². The van der Waals surface area contributed by atoms with Gasteiger partial charge in [0.25, 0.3) is 0 Å². The molecule has 182 valence electrons. The van der Waals surface area contributed by atoms with Crippen molar-refractivity contribution in [3.63, 3.8) is 0 Å². The van der Waals surface area contributed by atoms with Gasteiger partial charge in [-0.3, -0.25) is 0 Å². The van der Waals surface area contributed by atoms with Crippen molar-refractivity contribution in [1.29, 1.82) is 0 Å². The maximum absolute atomic E-state index is 13.5. The standard InChI is InChI=1S/C27H30FN5OS/c1-34-24-16-23(33-15-12-19-6-2-3-7-20(19)17-33)30-25(31-24)32-26(35)29-18-27(13-4-5-14-27)21-8-10-22(28)11-9-21/h2-3,6-11,16H,4-5,12-15,17-18H2,1H3,(H2,29,30,31,32,35). The maximum Gasteiger partial charge on any atom is 0.234 e. The Hall–Kier alpha value is -3.26. The van der Waals surface area contributed by atoms with E-state index in [1.54, 1.807) is 7.11 Å². The van der Waals surface area contributed by atoms with Crippen LogP contribution in [0.25, 0.3) is 0 Å². The molecule has 0 saturated heterocycles. The summed E-state index contributed by atoms with van der Waals surface area (Å²) in [5, 5.41) is 6.98. The first-order valence-corrected chi connectivity index (χ1v) is 12.5. The highest BCUT2D eigenvalue weighted by Crippen LogP contribution is 2.40. The van der Waals surface area contributed by atoms with Crippen molar-refractivity contribution in [3.8, 4) is 5.88 Å². The second-order valence-electron chi connectivity index (χ2n) is 9.33. The summed E-state index contributed by atoms with van der Waals surface area (Å²) in [4.78, 5) is 11.4. The maximum atomic E-state index is 13.5. The van der Waals surface area contributed by atoms with Crippen LogP contribution in [0.4, 0.5) is 16.2 Å². The van der Waals surface area contributed by atoms with E-state index in [-0.39, 0.29) is 11.2 Å². The summed E-state index contributed by atoms with van der Waals surface area (Å²) in [6, 6.07) is 17.2. The first-order chi connectivity index (χ1) is 17.0. The molecule has 0 bridgehead atoms. The first-order valence-electron chi connectivity index (χ1n) is 12.1. The number of fused-ring (bicyclic) bond motifs is 1. The van der Waals surface area contributed by atoms with E-state index in [0.717, 1.165) is 56.6 Å². The fraction of sp³-hybridized carbons (Fsp3) is 0.370. The van der Waals surface area contributed by atoms with Crippen LogP contribution in [0, 0.1) is 5.82 Å². The zero-order valence-corrected chi connectivity index (χ0v) is 20.7. The molecule has 2 N–H and O–H groups in total. The molecule has 1 aliphatic heterocycles. The van der Waals surface area contributed by atoms with Crippen molar-refractivity contribution in [1.82, 2.24) is 15.3 Å². The number of thiocarbonyl (C=S) groups is 1. The lowest BCUT2D eigenvalue weighted by atomic mass is 9.79. The topological polar surface area (TPSA) is 62.3 Å². The minimum absolute atomic E-state index is 0.0545. The summed E-state index contributed by atoms with van der Waals surface area (Å²) in [6.45, 7) is 2.34. The number of halogens is 1. The molecule has 0 unspecified atom stereocenters. The Labute approximate surface area is 210 Å². The van der Waals surface area contributed by atoms with Crippen LogP contribution in [-0.2, 0) is 18.4 Å². The highest BCUT2D eigenvalue weighted by molar-refractivity contribution is 7.80. The number of hydrogen-bond acceptors (Lipinski definition) is 5. The molecule has 3 aromatic rings. The van der Waals surface area contributed by atoms with Gasteiger partial charge in [-0.05, 0) is 60.3 Å². The van der Waals surface area contributed by atoms with Crippen molar-refractivity contribution in [2.75, 3.05) is 30.4 Å². The van der Waals surface area contributed by atoms with Gasteiger partial charge >= 0.3 is 0 Å². The van der Waals surface area contributed by atoms with Gasteiger partial charge in [0.05, 0.1) is 7.11 Å². The van der Waals surface area contributed by atoms with E-state index in [2.05, 4.69) is 44.8 Å². The van der Waals surface area contributed by atoms with Gasteiger partial charge in [0.2, 0.25) is 11.8 Å². The Morgan fingerprint density at radius 2 is 1.83 bits per heavy atom. The molecule has 0 spiro atoms. The number of methoxy groups -OCH3 is 1. The molecule has 2 aliphatic rings. The Kier molecular flexibility index (Phi) is 6.81. The van der Waals surface area contributed by atoms with Crippen LogP contribution in [0.2, 0.25) is 0 Å². The third-order valence-electron chi connectivity index (χ3n) is 7.18. The molecule has 0 atom stereocenters. The molecule has 6 nitrogen and oxygen atoms in total. The second-order valence-corrected chi connectivity index (χ2v) is 9.74. The van der Waals surface area contributed by atoms with Crippen molar-refractivity contribution in [3.05, 3.63) is 77.1 Å². The number of rotatable bonds is 6. The molecule has 8 heteroatoms. The van der Waals surface area contributed by atoms with Crippen molar-refractivity contribution in [2.24, 2.45) is 0 Å². The summed E-state index contributed by atoms with van der Waals surface area (Å²) in [5.74, 6) is 1.47. The smallest absolute Gasteiger partial charge is 0.234 e. The van der Waals surface area contributed by atoms with Crippen molar-refractivity contribution >= 4 is 29.1 Å². The second kappa shape index (κ2) is 10.2. The summed E-state index contributed by atoms with van der Waals surface area (Å²) in [5.41, 5.74) is 3.79. The van der Waals surface area contributed by atoms with Crippen molar-refractivity contribution < 1.29 is 9.13 Å². The average Bonchev–Trinajstić information content (AvgIpc) is 3.37. The molecule has 1 saturated carbocycles. The van der Waals surface area contributed by atoms with E-state index in [1.165, 1.54) is 23.3 Å².